The molecule has 2 aliphatic carbocycles. The Labute approximate surface area is 257 Å². The van der Waals surface area contributed by atoms with Crippen LogP contribution in [0.2, 0.25) is 0 Å². The maximum atomic E-state index is 14.1. The number of amides is 2. The number of aromatic amines is 1. The predicted molar refractivity (Wildman–Crippen MR) is 165 cm³/mol. The van der Waals surface area contributed by atoms with Crippen LogP contribution >= 0.6 is 0 Å². The number of piperidine rings is 1. The Hall–Kier alpha value is -3.98. The number of nitrogens with zero attached hydrogens (tertiary/aromatic N) is 1. The average Bonchev–Trinajstić information content (AvgIpc) is 3.39. The number of likely N-dealkylation sites (tertiary alicyclic amines) is 1. The first-order valence-electron chi connectivity index (χ1n) is 15.6. The van der Waals surface area contributed by atoms with Gasteiger partial charge in [-0.3, -0.25) is 19.2 Å². The Kier molecular flexibility index (Phi) is 8.33. The molecule has 44 heavy (non-hydrogen) atoms. The molecule has 2 amide bonds. The van der Waals surface area contributed by atoms with E-state index in [9.17, 15) is 19.2 Å². The molecule has 2 saturated carbocycles. The molecule has 3 aliphatic rings. The first kappa shape index (κ1) is 30.1. The highest BCUT2D eigenvalue weighted by molar-refractivity contribution is 6.02. The minimum Gasteiger partial charge on any atom is -0.496 e. The molecule has 0 bridgehead atoms. The number of rotatable bonds is 11. The number of hydrogen-bond donors (Lipinski definition) is 2. The summed E-state index contributed by atoms with van der Waals surface area (Å²) in [6.07, 6.45) is 3.24. The lowest BCUT2D eigenvalue weighted by Crippen LogP contribution is -2.54. The van der Waals surface area contributed by atoms with Crippen LogP contribution in [0.1, 0.15) is 62.0 Å². The summed E-state index contributed by atoms with van der Waals surface area (Å²) in [6, 6.07) is 15.3. The van der Waals surface area contributed by atoms with Gasteiger partial charge in [0, 0.05) is 29.8 Å². The molecule has 9 heteroatoms. The number of Topliss-reactive ketones (excluding diaryl/α,β-unsaturated/α-hetero) is 2. The minimum absolute atomic E-state index is 0.0215. The van der Waals surface area contributed by atoms with Crippen molar-refractivity contribution in [3.63, 3.8) is 0 Å². The summed E-state index contributed by atoms with van der Waals surface area (Å²) in [4.78, 5) is 59.1. The molecular formula is C35H41N3O6. The largest absolute Gasteiger partial charge is 0.496 e. The Morgan fingerprint density at radius 3 is 2.64 bits per heavy atom. The number of aromatic nitrogens is 1. The van der Waals surface area contributed by atoms with Gasteiger partial charge < -0.3 is 24.7 Å². The summed E-state index contributed by atoms with van der Waals surface area (Å²) in [5, 5.41) is 3.80. The molecule has 2 heterocycles. The third-order valence-corrected chi connectivity index (χ3v) is 10.1. The maximum Gasteiger partial charge on any atom is 0.271 e. The summed E-state index contributed by atoms with van der Waals surface area (Å²) >= 11 is 0. The minimum atomic E-state index is -0.875. The molecular weight excluding hydrogens is 558 g/mol. The van der Waals surface area contributed by atoms with E-state index < -0.39 is 12.1 Å². The molecule has 9 nitrogen and oxygen atoms in total. The smallest absolute Gasteiger partial charge is 0.271 e. The summed E-state index contributed by atoms with van der Waals surface area (Å²) in [6.45, 7) is 4.80. The van der Waals surface area contributed by atoms with Gasteiger partial charge in [-0.2, -0.15) is 0 Å². The zero-order valence-electron chi connectivity index (χ0n) is 25.6. The molecule has 2 aromatic carbocycles. The number of ether oxygens (including phenoxy) is 2. The van der Waals surface area contributed by atoms with Crippen molar-refractivity contribution in [2.24, 2.45) is 23.2 Å². The number of nitrogens with one attached hydrogen (secondary N) is 2. The Bertz CT molecular complexity index is 1560. The maximum absolute atomic E-state index is 14.1. The Morgan fingerprint density at radius 2 is 1.89 bits per heavy atom. The lowest BCUT2D eigenvalue weighted by Gasteiger charge is -2.32. The van der Waals surface area contributed by atoms with Gasteiger partial charge in [0.05, 0.1) is 19.8 Å². The van der Waals surface area contributed by atoms with Gasteiger partial charge in [-0.15, -0.1) is 0 Å². The van der Waals surface area contributed by atoms with Crippen molar-refractivity contribution in [2.75, 3.05) is 20.3 Å². The van der Waals surface area contributed by atoms with Crippen molar-refractivity contribution in [2.45, 2.75) is 64.6 Å². The first-order chi connectivity index (χ1) is 21.2. The lowest BCUT2D eigenvalue weighted by atomic mass is 9.83. The van der Waals surface area contributed by atoms with E-state index in [0.29, 0.717) is 30.8 Å². The van der Waals surface area contributed by atoms with E-state index in [4.69, 9.17) is 9.47 Å². The predicted octanol–water partition coefficient (Wildman–Crippen LogP) is 4.69. The van der Waals surface area contributed by atoms with Crippen LogP contribution in [0.25, 0.3) is 10.9 Å². The van der Waals surface area contributed by atoms with Crippen molar-refractivity contribution < 1.29 is 28.7 Å². The molecule has 5 atom stereocenters. The van der Waals surface area contributed by atoms with E-state index in [1.54, 1.807) is 18.1 Å². The van der Waals surface area contributed by atoms with E-state index in [1.165, 1.54) is 0 Å². The lowest BCUT2D eigenvalue weighted by molar-refractivity contribution is -0.134. The summed E-state index contributed by atoms with van der Waals surface area (Å²) in [7, 11) is 1.59. The number of fused-ring (bicyclic) bond motifs is 2. The number of benzene rings is 2. The highest BCUT2D eigenvalue weighted by atomic mass is 16.5. The third-order valence-electron chi connectivity index (χ3n) is 10.1. The molecule has 3 fully saturated rings. The molecule has 232 valence electrons. The van der Waals surface area contributed by atoms with Gasteiger partial charge in [0.1, 0.15) is 29.9 Å². The summed E-state index contributed by atoms with van der Waals surface area (Å²) < 4.78 is 11.2. The number of ketones is 2. The number of H-pyrrole nitrogens is 1. The van der Waals surface area contributed by atoms with E-state index in [0.717, 1.165) is 29.3 Å². The normalized spacial score (nSPS) is 24.5. The SMILES string of the molecule is COc1cccc2[nH]c(C(=O)N3C[C@H]4[C@@H]([C@H]3C(=O)N[C@@H](C[C@@H]3CCCCC3=O)C(=O)COCc3ccccc3)C4(C)C)cc12. The fourth-order valence-electron chi connectivity index (χ4n) is 7.43. The fraction of sp³-hybridized carbons (Fsp3) is 0.486. The third kappa shape index (κ3) is 5.77. The number of hydrogen-bond acceptors (Lipinski definition) is 6. The number of carbonyl (C=O) groups excluding carboxylic acids is 4. The van der Waals surface area contributed by atoms with Crippen molar-refractivity contribution in [3.8, 4) is 5.75 Å². The van der Waals surface area contributed by atoms with Gasteiger partial charge in [-0.05, 0) is 60.3 Å². The van der Waals surface area contributed by atoms with Gasteiger partial charge in [0.2, 0.25) is 5.91 Å². The molecule has 0 spiro atoms. The molecule has 1 aromatic heterocycles. The highest BCUT2D eigenvalue weighted by Gasteiger charge is 2.69. The fourth-order valence-corrected chi connectivity index (χ4v) is 7.43. The second kappa shape index (κ2) is 12.2. The van der Waals surface area contributed by atoms with Crippen molar-refractivity contribution in [1.29, 1.82) is 0 Å². The zero-order valence-corrected chi connectivity index (χ0v) is 25.6. The number of methoxy groups -OCH3 is 1. The van der Waals surface area contributed by atoms with Gasteiger partial charge in [-0.1, -0.05) is 56.7 Å². The quantitative estimate of drug-likeness (QED) is 0.330. The molecule has 0 radical (unpaired) electrons. The molecule has 0 unspecified atom stereocenters. The van der Waals surface area contributed by atoms with Crippen LogP contribution in [0.4, 0.5) is 0 Å². The van der Waals surface area contributed by atoms with Crippen LogP contribution in [0, 0.1) is 23.2 Å². The molecule has 3 aromatic rings. The van der Waals surface area contributed by atoms with Crippen LogP contribution in [-0.2, 0) is 25.7 Å². The Morgan fingerprint density at radius 1 is 1.09 bits per heavy atom. The van der Waals surface area contributed by atoms with Crippen LogP contribution in [0.5, 0.6) is 5.75 Å². The first-order valence-corrected chi connectivity index (χ1v) is 15.6. The standard InChI is InChI=1S/C35H41N3O6/c1-35(2)24-18-38(34(42)27-17-23-25(36-27)13-9-15-30(23)43-3)32(31(24)35)33(41)37-26(16-22-12-7-8-14-28(22)39)29(40)20-44-19-21-10-5-4-6-11-21/h4-6,9-11,13,15,17,22,24,26,31-32,36H,7-8,12,14,16,18-20H2,1-3H3,(H,37,41)/t22-,24-,26-,31-,32-/m0/s1. The summed E-state index contributed by atoms with van der Waals surface area (Å²) in [5.74, 6) is -0.194. The van der Waals surface area contributed by atoms with Crippen molar-refractivity contribution in [1.82, 2.24) is 15.2 Å². The molecule has 2 N–H and O–H groups in total. The van der Waals surface area contributed by atoms with E-state index in [1.807, 2.05) is 48.5 Å². The molecule has 6 rings (SSSR count). The van der Waals surface area contributed by atoms with Crippen LogP contribution in [0.3, 0.4) is 0 Å². The monoisotopic (exact) mass is 599 g/mol. The van der Waals surface area contributed by atoms with Gasteiger partial charge in [-0.25, -0.2) is 0 Å². The second-order valence-electron chi connectivity index (χ2n) is 13.1. The Balaban J connectivity index is 1.21. The van der Waals surface area contributed by atoms with Gasteiger partial charge in [0.25, 0.3) is 5.91 Å². The van der Waals surface area contributed by atoms with Crippen LogP contribution < -0.4 is 10.1 Å². The number of carbonyl (C=O) groups is 4. The van der Waals surface area contributed by atoms with Crippen molar-refractivity contribution in [3.05, 3.63) is 65.9 Å². The van der Waals surface area contributed by atoms with Crippen LogP contribution in [0.15, 0.2) is 54.6 Å². The van der Waals surface area contributed by atoms with Gasteiger partial charge in [0.15, 0.2) is 5.78 Å². The summed E-state index contributed by atoms with van der Waals surface area (Å²) in [5.41, 5.74) is 2.01. The topological polar surface area (TPSA) is 118 Å². The average molecular weight is 600 g/mol. The molecule has 1 saturated heterocycles. The highest BCUT2D eigenvalue weighted by Crippen LogP contribution is 2.65. The second-order valence-corrected chi connectivity index (χ2v) is 13.1. The van der Waals surface area contributed by atoms with E-state index >= 15 is 0 Å². The van der Waals surface area contributed by atoms with Gasteiger partial charge >= 0.3 is 0 Å². The van der Waals surface area contributed by atoms with Crippen LogP contribution in [-0.4, -0.2) is 65.6 Å². The van der Waals surface area contributed by atoms with E-state index in [2.05, 4.69) is 24.1 Å². The van der Waals surface area contributed by atoms with Crippen molar-refractivity contribution >= 4 is 34.3 Å². The zero-order chi connectivity index (χ0) is 31.0. The van der Waals surface area contributed by atoms with E-state index in [-0.39, 0.29) is 66.2 Å². The molecule has 1 aliphatic heterocycles.